The van der Waals surface area contributed by atoms with E-state index >= 15 is 0 Å². The maximum Gasteiger partial charge on any atom is 0.331 e. The third-order valence-corrected chi connectivity index (χ3v) is 3.63. The van der Waals surface area contributed by atoms with Crippen LogP contribution in [0.3, 0.4) is 0 Å². The van der Waals surface area contributed by atoms with Gasteiger partial charge in [0.25, 0.3) is 0 Å². The molecule has 1 rings (SSSR count). The lowest BCUT2D eigenvalue weighted by molar-refractivity contribution is -0.134. The fourth-order valence-corrected chi connectivity index (χ4v) is 2.19. The zero-order chi connectivity index (χ0) is 16.0. The van der Waals surface area contributed by atoms with Gasteiger partial charge in [-0.3, -0.25) is 9.59 Å². The van der Waals surface area contributed by atoms with Gasteiger partial charge in [-0.2, -0.15) is 0 Å². The lowest BCUT2D eigenvalue weighted by Gasteiger charge is -2.32. The molecule has 1 saturated heterocycles. The molecule has 1 aliphatic heterocycles. The van der Waals surface area contributed by atoms with E-state index < -0.39 is 5.97 Å². The molecule has 0 bridgehead atoms. The molecule has 1 heterocycles. The number of ether oxygens (including phenoxy) is 1. The van der Waals surface area contributed by atoms with Crippen LogP contribution in [0.15, 0.2) is 11.1 Å². The molecule has 118 valence electrons. The third kappa shape index (κ3) is 4.86. The van der Waals surface area contributed by atoms with Gasteiger partial charge in [0.05, 0.1) is 0 Å². The SMILES string of the molecule is COCC(=O)NC1CCN(C(=O)C(C)=C(C)C(=O)O)CC1. The summed E-state index contributed by atoms with van der Waals surface area (Å²) in [5.41, 5.74) is 0.319. The summed E-state index contributed by atoms with van der Waals surface area (Å²) >= 11 is 0. The van der Waals surface area contributed by atoms with Crippen LogP contribution in [0.1, 0.15) is 26.7 Å². The topological polar surface area (TPSA) is 95.9 Å². The van der Waals surface area contributed by atoms with Gasteiger partial charge in [-0.25, -0.2) is 4.79 Å². The van der Waals surface area contributed by atoms with E-state index in [1.165, 1.54) is 21.0 Å². The zero-order valence-electron chi connectivity index (χ0n) is 12.6. The van der Waals surface area contributed by atoms with Gasteiger partial charge in [-0.1, -0.05) is 0 Å². The van der Waals surface area contributed by atoms with Crippen LogP contribution in [-0.4, -0.2) is 60.6 Å². The number of likely N-dealkylation sites (tertiary alicyclic amines) is 1. The molecule has 0 spiro atoms. The zero-order valence-corrected chi connectivity index (χ0v) is 12.6. The van der Waals surface area contributed by atoms with Crippen LogP contribution in [0.5, 0.6) is 0 Å². The Morgan fingerprint density at radius 1 is 1.19 bits per heavy atom. The number of carboxylic acids is 1. The standard InChI is InChI=1S/C14H22N2O5/c1-9(10(2)14(19)20)13(18)16-6-4-11(5-7-16)15-12(17)8-21-3/h11H,4-8H2,1-3H3,(H,15,17)(H,19,20). The van der Waals surface area contributed by atoms with Crippen LogP contribution in [0.4, 0.5) is 0 Å². The molecule has 7 nitrogen and oxygen atoms in total. The van der Waals surface area contributed by atoms with Gasteiger partial charge in [0.1, 0.15) is 6.61 Å². The molecule has 0 aliphatic carbocycles. The smallest absolute Gasteiger partial charge is 0.331 e. The molecule has 2 amide bonds. The summed E-state index contributed by atoms with van der Waals surface area (Å²) in [6.07, 6.45) is 1.31. The maximum absolute atomic E-state index is 12.2. The predicted octanol–water partition coefficient (Wildman–Crippen LogP) is 0.161. The molecule has 0 aromatic rings. The molecule has 0 saturated carbocycles. The Kier molecular flexibility index (Phi) is 6.36. The van der Waals surface area contributed by atoms with Gasteiger partial charge in [0.15, 0.2) is 0 Å². The monoisotopic (exact) mass is 298 g/mol. The van der Waals surface area contributed by atoms with Crippen molar-refractivity contribution in [1.82, 2.24) is 10.2 Å². The van der Waals surface area contributed by atoms with Gasteiger partial charge >= 0.3 is 5.97 Å². The van der Waals surface area contributed by atoms with Crippen molar-refractivity contribution >= 4 is 17.8 Å². The molecule has 0 aromatic carbocycles. The fraction of sp³-hybridized carbons (Fsp3) is 0.643. The summed E-state index contributed by atoms with van der Waals surface area (Å²) in [5, 5.41) is 11.7. The molecule has 2 N–H and O–H groups in total. The van der Waals surface area contributed by atoms with Gasteiger partial charge in [-0.15, -0.1) is 0 Å². The van der Waals surface area contributed by atoms with Crippen molar-refractivity contribution in [1.29, 1.82) is 0 Å². The van der Waals surface area contributed by atoms with Crippen LogP contribution in [0.2, 0.25) is 0 Å². The van der Waals surface area contributed by atoms with Crippen molar-refractivity contribution in [3.63, 3.8) is 0 Å². The van der Waals surface area contributed by atoms with E-state index in [1.807, 2.05) is 0 Å². The average Bonchev–Trinajstić information content (AvgIpc) is 2.45. The van der Waals surface area contributed by atoms with Crippen molar-refractivity contribution in [3.8, 4) is 0 Å². The summed E-state index contributed by atoms with van der Waals surface area (Å²) in [6.45, 7) is 3.98. The summed E-state index contributed by atoms with van der Waals surface area (Å²) < 4.78 is 4.75. The second kappa shape index (κ2) is 7.78. The van der Waals surface area contributed by atoms with Crippen LogP contribution in [0.25, 0.3) is 0 Å². The van der Waals surface area contributed by atoms with E-state index in [1.54, 1.807) is 4.90 Å². The van der Waals surface area contributed by atoms with Crippen molar-refractivity contribution < 1.29 is 24.2 Å². The number of amides is 2. The van der Waals surface area contributed by atoms with Crippen LogP contribution >= 0.6 is 0 Å². The highest BCUT2D eigenvalue weighted by Crippen LogP contribution is 2.15. The minimum Gasteiger partial charge on any atom is -0.478 e. The van der Waals surface area contributed by atoms with Crippen molar-refractivity contribution in [2.45, 2.75) is 32.7 Å². The normalized spacial score (nSPS) is 17.2. The van der Waals surface area contributed by atoms with Gasteiger partial charge in [-0.05, 0) is 26.7 Å². The number of hydrogen-bond donors (Lipinski definition) is 2. The van der Waals surface area contributed by atoms with Crippen LogP contribution < -0.4 is 5.32 Å². The van der Waals surface area contributed by atoms with E-state index in [2.05, 4.69) is 5.32 Å². The number of rotatable bonds is 5. The Hall–Kier alpha value is -1.89. The predicted molar refractivity (Wildman–Crippen MR) is 75.6 cm³/mol. The lowest BCUT2D eigenvalue weighted by atomic mass is 10.0. The second-order valence-electron chi connectivity index (χ2n) is 5.12. The molecule has 0 radical (unpaired) electrons. The Morgan fingerprint density at radius 2 is 1.76 bits per heavy atom. The lowest BCUT2D eigenvalue weighted by Crippen LogP contribution is -2.47. The summed E-state index contributed by atoms with van der Waals surface area (Å²) in [6, 6.07) is 0.0292. The number of carboxylic acid groups (broad SMARTS) is 1. The minimum atomic E-state index is -1.08. The van der Waals surface area contributed by atoms with Gasteiger partial charge in [0.2, 0.25) is 11.8 Å². The number of piperidine rings is 1. The highest BCUT2D eigenvalue weighted by molar-refractivity contribution is 6.01. The number of hydrogen-bond acceptors (Lipinski definition) is 4. The fourth-order valence-electron chi connectivity index (χ4n) is 2.19. The highest BCUT2D eigenvalue weighted by atomic mass is 16.5. The van der Waals surface area contributed by atoms with Gasteiger partial charge < -0.3 is 20.1 Å². The average molecular weight is 298 g/mol. The first-order chi connectivity index (χ1) is 9.86. The molecule has 1 fully saturated rings. The first kappa shape index (κ1) is 17.2. The van der Waals surface area contributed by atoms with E-state index in [4.69, 9.17) is 9.84 Å². The number of aliphatic carboxylic acids is 1. The van der Waals surface area contributed by atoms with Crippen molar-refractivity contribution in [2.75, 3.05) is 26.8 Å². The molecular weight excluding hydrogens is 276 g/mol. The van der Waals surface area contributed by atoms with Gasteiger partial charge in [0, 0.05) is 37.4 Å². The first-order valence-electron chi connectivity index (χ1n) is 6.85. The molecule has 7 heteroatoms. The summed E-state index contributed by atoms with van der Waals surface area (Å²) in [4.78, 5) is 36.1. The molecule has 21 heavy (non-hydrogen) atoms. The largest absolute Gasteiger partial charge is 0.478 e. The maximum atomic E-state index is 12.2. The van der Waals surface area contributed by atoms with Crippen LogP contribution in [-0.2, 0) is 19.1 Å². The van der Waals surface area contributed by atoms with Crippen molar-refractivity contribution in [2.24, 2.45) is 0 Å². The number of carbonyl (C=O) groups excluding carboxylic acids is 2. The van der Waals surface area contributed by atoms with Crippen molar-refractivity contribution in [3.05, 3.63) is 11.1 Å². The quantitative estimate of drug-likeness (QED) is 0.705. The van der Waals surface area contributed by atoms with E-state index in [0.717, 1.165) is 0 Å². The summed E-state index contributed by atoms with van der Waals surface area (Å²) in [5.74, 6) is -1.50. The molecule has 0 atom stereocenters. The van der Waals surface area contributed by atoms with E-state index in [9.17, 15) is 14.4 Å². The molecule has 0 aromatic heterocycles. The Balaban J connectivity index is 2.53. The number of carbonyl (C=O) groups is 3. The number of nitrogens with zero attached hydrogens (tertiary/aromatic N) is 1. The molecule has 0 unspecified atom stereocenters. The highest BCUT2D eigenvalue weighted by Gasteiger charge is 2.25. The van der Waals surface area contributed by atoms with E-state index in [0.29, 0.717) is 25.9 Å². The number of nitrogens with one attached hydrogen (secondary N) is 1. The Bertz CT molecular complexity index is 450. The molecule has 1 aliphatic rings. The minimum absolute atomic E-state index is 0.0266. The number of methoxy groups -OCH3 is 1. The first-order valence-corrected chi connectivity index (χ1v) is 6.85. The van der Waals surface area contributed by atoms with E-state index in [-0.39, 0.29) is 35.6 Å². The second-order valence-corrected chi connectivity index (χ2v) is 5.12. The Morgan fingerprint density at radius 3 is 2.24 bits per heavy atom. The summed E-state index contributed by atoms with van der Waals surface area (Å²) in [7, 11) is 1.46. The van der Waals surface area contributed by atoms with Crippen LogP contribution in [0, 0.1) is 0 Å². The Labute approximate surface area is 123 Å². The molecular formula is C14H22N2O5. The third-order valence-electron chi connectivity index (χ3n) is 3.63.